The van der Waals surface area contributed by atoms with Crippen LogP contribution in [0.25, 0.3) is 0 Å². The van der Waals surface area contributed by atoms with Crippen molar-refractivity contribution in [3.63, 3.8) is 0 Å². The molecule has 1 aliphatic carbocycles. The van der Waals surface area contributed by atoms with Crippen LogP contribution in [0.5, 0.6) is 0 Å². The SMILES string of the molecule is CC([N+](=O)[O-])C1(O)CCCC1. The van der Waals surface area contributed by atoms with Crippen LogP contribution in [0.1, 0.15) is 32.6 Å². The van der Waals surface area contributed by atoms with Crippen LogP contribution in [-0.4, -0.2) is 21.7 Å². The summed E-state index contributed by atoms with van der Waals surface area (Å²) in [6.07, 6.45) is 2.98. The number of aliphatic hydroxyl groups is 1. The zero-order valence-electron chi connectivity index (χ0n) is 6.62. The molecule has 1 unspecified atom stereocenters. The summed E-state index contributed by atoms with van der Waals surface area (Å²) in [5.41, 5.74) is -1.02. The molecule has 1 atom stereocenters. The van der Waals surface area contributed by atoms with Crippen LogP contribution < -0.4 is 0 Å². The van der Waals surface area contributed by atoms with Crippen LogP contribution >= 0.6 is 0 Å². The molecule has 11 heavy (non-hydrogen) atoms. The monoisotopic (exact) mass is 159 g/mol. The number of rotatable bonds is 2. The van der Waals surface area contributed by atoms with Gasteiger partial charge >= 0.3 is 0 Å². The van der Waals surface area contributed by atoms with Gasteiger partial charge in [-0.25, -0.2) is 0 Å². The molecule has 1 fully saturated rings. The van der Waals surface area contributed by atoms with Gasteiger partial charge in [0.1, 0.15) is 5.60 Å². The van der Waals surface area contributed by atoms with Gasteiger partial charge in [0.2, 0.25) is 6.04 Å². The molecule has 1 rings (SSSR count). The molecule has 4 heteroatoms. The van der Waals surface area contributed by atoms with E-state index in [0.29, 0.717) is 12.8 Å². The first-order valence-electron chi connectivity index (χ1n) is 3.92. The van der Waals surface area contributed by atoms with Crippen molar-refractivity contribution >= 4 is 0 Å². The quantitative estimate of drug-likeness (QED) is 0.482. The Labute approximate surface area is 65.4 Å². The summed E-state index contributed by atoms with van der Waals surface area (Å²) in [5.74, 6) is 0. The summed E-state index contributed by atoms with van der Waals surface area (Å²) in [4.78, 5) is 9.94. The Morgan fingerprint density at radius 3 is 2.36 bits per heavy atom. The zero-order valence-corrected chi connectivity index (χ0v) is 6.62. The van der Waals surface area contributed by atoms with Gasteiger partial charge in [-0.3, -0.25) is 10.1 Å². The number of hydrogen-bond acceptors (Lipinski definition) is 3. The molecule has 0 aromatic rings. The lowest BCUT2D eigenvalue weighted by Crippen LogP contribution is -2.42. The topological polar surface area (TPSA) is 63.4 Å². The molecule has 1 aliphatic rings. The van der Waals surface area contributed by atoms with E-state index in [4.69, 9.17) is 0 Å². The van der Waals surface area contributed by atoms with Gasteiger partial charge in [-0.05, 0) is 12.8 Å². The summed E-state index contributed by atoms with van der Waals surface area (Å²) < 4.78 is 0. The van der Waals surface area contributed by atoms with Gasteiger partial charge in [0.05, 0.1) is 0 Å². The Morgan fingerprint density at radius 2 is 2.00 bits per heavy atom. The predicted octanol–water partition coefficient (Wildman–Crippen LogP) is 0.957. The molecule has 0 bridgehead atoms. The minimum absolute atomic E-state index is 0.397. The fourth-order valence-electron chi connectivity index (χ4n) is 1.60. The molecule has 4 nitrogen and oxygen atoms in total. The van der Waals surface area contributed by atoms with Crippen LogP contribution in [0.15, 0.2) is 0 Å². The molecule has 0 radical (unpaired) electrons. The molecular formula is C7H13NO3. The Kier molecular flexibility index (Phi) is 2.13. The van der Waals surface area contributed by atoms with E-state index in [0.717, 1.165) is 12.8 Å². The van der Waals surface area contributed by atoms with Gasteiger partial charge in [-0.1, -0.05) is 12.8 Å². The summed E-state index contributed by atoms with van der Waals surface area (Å²) in [7, 11) is 0. The second kappa shape index (κ2) is 2.77. The lowest BCUT2D eigenvalue weighted by Gasteiger charge is -2.22. The highest BCUT2D eigenvalue weighted by Crippen LogP contribution is 2.33. The molecule has 0 heterocycles. The van der Waals surface area contributed by atoms with Crippen LogP contribution in [0.2, 0.25) is 0 Å². The highest BCUT2D eigenvalue weighted by Gasteiger charge is 2.43. The first kappa shape index (κ1) is 8.46. The fraction of sp³-hybridized carbons (Fsp3) is 1.00. The summed E-state index contributed by atoms with van der Waals surface area (Å²) in [6.45, 7) is 1.48. The van der Waals surface area contributed by atoms with Crippen molar-refractivity contribution in [2.45, 2.75) is 44.2 Å². The van der Waals surface area contributed by atoms with Gasteiger partial charge in [0, 0.05) is 11.8 Å². The lowest BCUT2D eigenvalue weighted by molar-refractivity contribution is -0.540. The molecule has 0 amide bonds. The van der Waals surface area contributed by atoms with Crippen LogP contribution in [0, 0.1) is 10.1 Å². The lowest BCUT2D eigenvalue weighted by atomic mass is 9.94. The standard InChI is InChI=1S/C7H13NO3/c1-6(8(10)11)7(9)4-2-3-5-7/h6,9H,2-5H2,1H3. The third-order valence-corrected chi connectivity index (χ3v) is 2.56. The minimum Gasteiger partial charge on any atom is -0.383 e. The molecule has 0 spiro atoms. The normalized spacial score (nSPS) is 24.9. The number of nitrogens with zero attached hydrogens (tertiary/aromatic N) is 1. The van der Waals surface area contributed by atoms with Crippen molar-refractivity contribution in [1.29, 1.82) is 0 Å². The summed E-state index contributed by atoms with van der Waals surface area (Å²) in [5, 5.41) is 20.0. The van der Waals surface area contributed by atoms with E-state index >= 15 is 0 Å². The maximum Gasteiger partial charge on any atom is 0.238 e. The van der Waals surface area contributed by atoms with E-state index in [1.54, 1.807) is 0 Å². The molecule has 1 saturated carbocycles. The molecule has 0 aliphatic heterocycles. The van der Waals surface area contributed by atoms with E-state index in [9.17, 15) is 15.2 Å². The van der Waals surface area contributed by atoms with Crippen molar-refractivity contribution in [2.75, 3.05) is 0 Å². The predicted molar refractivity (Wildman–Crippen MR) is 39.9 cm³/mol. The molecule has 0 aromatic carbocycles. The van der Waals surface area contributed by atoms with Gasteiger partial charge in [0.15, 0.2) is 0 Å². The van der Waals surface area contributed by atoms with E-state index < -0.39 is 16.6 Å². The molecule has 0 saturated heterocycles. The van der Waals surface area contributed by atoms with Gasteiger partial charge < -0.3 is 5.11 Å². The highest BCUT2D eigenvalue weighted by molar-refractivity contribution is 4.88. The van der Waals surface area contributed by atoms with Crippen molar-refractivity contribution in [1.82, 2.24) is 0 Å². The summed E-state index contributed by atoms with van der Waals surface area (Å²) >= 11 is 0. The molecule has 0 aromatic heterocycles. The Bertz CT molecular complexity index is 163. The fourth-order valence-corrected chi connectivity index (χ4v) is 1.60. The molecule has 1 N–H and O–H groups in total. The number of hydrogen-bond donors (Lipinski definition) is 1. The smallest absolute Gasteiger partial charge is 0.238 e. The molecule has 64 valence electrons. The Morgan fingerprint density at radius 1 is 1.55 bits per heavy atom. The molecular weight excluding hydrogens is 146 g/mol. The average molecular weight is 159 g/mol. The van der Waals surface area contributed by atoms with Gasteiger partial charge in [-0.15, -0.1) is 0 Å². The van der Waals surface area contributed by atoms with Gasteiger partial charge in [-0.2, -0.15) is 0 Å². The average Bonchev–Trinajstić information content (AvgIpc) is 2.35. The zero-order chi connectivity index (χ0) is 8.48. The van der Waals surface area contributed by atoms with Crippen LogP contribution in [0.4, 0.5) is 0 Å². The van der Waals surface area contributed by atoms with E-state index in [1.807, 2.05) is 0 Å². The van der Waals surface area contributed by atoms with Crippen molar-refractivity contribution in [3.8, 4) is 0 Å². The largest absolute Gasteiger partial charge is 0.383 e. The van der Waals surface area contributed by atoms with Crippen molar-refractivity contribution < 1.29 is 10.0 Å². The maximum absolute atomic E-state index is 10.3. The second-order valence-corrected chi connectivity index (χ2v) is 3.27. The summed E-state index contributed by atoms with van der Waals surface area (Å²) in [6, 6.07) is -0.815. The van der Waals surface area contributed by atoms with E-state index in [-0.39, 0.29) is 0 Å². The van der Waals surface area contributed by atoms with E-state index in [2.05, 4.69) is 0 Å². The van der Waals surface area contributed by atoms with Gasteiger partial charge in [0.25, 0.3) is 0 Å². The van der Waals surface area contributed by atoms with Crippen molar-refractivity contribution in [3.05, 3.63) is 10.1 Å². The highest BCUT2D eigenvalue weighted by atomic mass is 16.6. The minimum atomic E-state index is -1.02. The van der Waals surface area contributed by atoms with Crippen molar-refractivity contribution in [2.24, 2.45) is 0 Å². The maximum atomic E-state index is 10.3. The Hall–Kier alpha value is -0.640. The first-order chi connectivity index (χ1) is 5.06. The van der Waals surface area contributed by atoms with Crippen LogP contribution in [-0.2, 0) is 0 Å². The Balaban J connectivity index is 2.63. The van der Waals surface area contributed by atoms with Crippen LogP contribution in [0.3, 0.4) is 0 Å². The third-order valence-electron chi connectivity index (χ3n) is 2.56. The third kappa shape index (κ3) is 1.50. The first-order valence-corrected chi connectivity index (χ1v) is 3.92. The number of nitro groups is 1. The second-order valence-electron chi connectivity index (χ2n) is 3.27. The van der Waals surface area contributed by atoms with E-state index in [1.165, 1.54) is 6.92 Å².